The molecule has 0 saturated heterocycles. The van der Waals surface area contributed by atoms with E-state index in [1.807, 2.05) is 0 Å². The lowest BCUT2D eigenvalue weighted by atomic mass is 10.1. The summed E-state index contributed by atoms with van der Waals surface area (Å²) < 4.78 is 5.70. The van der Waals surface area contributed by atoms with E-state index in [1.165, 1.54) is 31.2 Å². The van der Waals surface area contributed by atoms with Crippen LogP contribution in [-0.4, -0.2) is 18.3 Å². The van der Waals surface area contributed by atoms with Gasteiger partial charge >= 0.3 is 0 Å². The Labute approximate surface area is 117 Å². The molecule has 0 fully saturated rings. The van der Waals surface area contributed by atoms with Crippen molar-refractivity contribution in [3.05, 3.63) is 29.8 Å². The highest BCUT2D eigenvalue weighted by Crippen LogP contribution is 2.15. The lowest BCUT2D eigenvalue weighted by Gasteiger charge is -2.07. The minimum absolute atomic E-state index is 0.306. The second-order valence-corrected chi connectivity index (χ2v) is 5.09. The van der Waals surface area contributed by atoms with Crippen LogP contribution in [0, 0.1) is 0 Å². The second-order valence-electron chi connectivity index (χ2n) is 5.09. The summed E-state index contributed by atoms with van der Waals surface area (Å²) in [4.78, 5) is 0. The number of rotatable bonds is 11. The van der Waals surface area contributed by atoms with Gasteiger partial charge in [0, 0.05) is 6.61 Å². The average Bonchev–Trinajstić information content (AvgIpc) is 2.44. The third-order valence-corrected chi connectivity index (χ3v) is 3.31. The summed E-state index contributed by atoms with van der Waals surface area (Å²) in [5, 5.41) is 8.67. The maximum atomic E-state index is 8.67. The van der Waals surface area contributed by atoms with Gasteiger partial charge in [-0.05, 0) is 49.8 Å². The van der Waals surface area contributed by atoms with Crippen LogP contribution in [0.1, 0.15) is 57.4 Å². The number of hydrogen-bond donors (Lipinski definition) is 1. The zero-order valence-corrected chi connectivity index (χ0v) is 12.2. The van der Waals surface area contributed by atoms with E-state index in [4.69, 9.17) is 9.84 Å². The summed E-state index contributed by atoms with van der Waals surface area (Å²) in [6.45, 7) is 3.32. The number of unbranched alkanes of at least 4 members (excludes halogenated alkanes) is 5. The fraction of sp³-hybridized carbons (Fsp3) is 0.647. The maximum absolute atomic E-state index is 8.67. The van der Waals surface area contributed by atoms with Crippen LogP contribution in [0.3, 0.4) is 0 Å². The molecule has 0 bridgehead atoms. The largest absolute Gasteiger partial charge is 0.494 e. The normalized spacial score (nSPS) is 10.6. The zero-order valence-electron chi connectivity index (χ0n) is 12.2. The molecule has 2 nitrogen and oxygen atoms in total. The number of aliphatic hydroxyl groups excluding tert-OH is 1. The van der Waals surface area contributed by atoms with E-state index in [9.17, 15) is 0 Å². The molecule has 108 valence electrons. The molecule has 0 amide bonds. The number of aliphatic hydroxyl groups is 1. The van der Waals surface area contributed by atoms with Crippen LogP contribution in [0.5, 0.6) is 5.75 Å². The van der Waals surface area contributed by atoms with E-state index in [0.717, 1.165) is 38.0 Å². The Morgan fingerprint density at radius 3 is 2.32 bits per heavy atom. The molecule has 19 heavy (non-hydrogen) atoms. The predicted molar refractivity (Wildman–Crippen MR) is 80.7 cm³/mol. The van der Waals surface area contributed by atoms with Crippen molar-refractivity contribution in [3.63, 3.8) is 0 Å². The lowest BCUT2D eigenvalue weighted by molar-refractivity contribution is 0.273. The van der Waals surface area contributed by atoms with Crippen LogP contribution in [0.4, 0.5) is 0 Å². The Morgan fingerprint density at radius 2 is 1.63 bits per heavy atom. The zero-order chi connectivity index (χ0) is 13.8. The van der Waals surface area contributed by atoms with E-state index in [2.05, 4.69) is 31.2 Å². The highest BCUT2D eigenvalue weighted by Gasteiger charge is 1.96. The predicted octanol–water partition coefficient (Wildman–Crippen LogP) is 4.35. The van der Waals surface area contributed by atoms with Gasteiger partial charge in [0.05, 0.1) is 6.61 Å². The summed E-state index contributed by atoms with van der Waals surface area (Å²) in [5.41, 5.74) is 1.41. The van der Waals surface area contributed by atoms with Crippen LogP contribution >= 0.6 is 0 Å². The number of benzene rings is 1. The molecular weight excluding hydrogens is 236 g/mol. The quantitative estimate of drug-likeness (QED) is 0.602. The van der Waals surface area contributed by atoms with Crippen molar-refractivity contribution in [2.24, 2.45) is 0 Å². The smallest absolute Gasteiger partial charge is 0.119 e. The molecular formula is C17H28O2. The van der Waals surface area contributed by atoms with E-state index >= 15 is 0 Å². The number of aryl methyl sites for hydroxylation is 1. The van der Waals surface area contributed by atoms with Crippen molar-refractivity contribution >= 4 is 0 Å². The molecule has 1 aromatic carbocycles. The first kappa shape index (κ1) is 16.0. The highest BCUT2D eigenvalue weighted by atomic mass is 16.5. The molecule has 1 aromatic rings. The molecule has 0 aromatic heterocycles. The molecule has 2 heteroatoms. The topological polar surface area (TPSA) is 29.5 Å². The third kappa shape index (κ3) is 7.89. The van der Waals surface area contributed by atoms with E-state index in [-0.39, 0.29) is 0 Å². The molecule has 0 aliphatic carbocycles. The van der Waals surface area contributed by atoms with E-state index < -0.39 is 0 Å². The van der Waals surface area contributed by atoms with Gasteiger partial charge in [-0.15, -0.1) is 0 Å². The summed E-state index contributed by atoms with van der Waals surface area (Å²) in [5.74, 6) is 0.974. The Bertz CT molecular complexity index is 306. The van der Waals surface area contributed by atoms with E-state index in [1.54, 1.807) is 0 Å². The van der Waals surface area contributed by atoms with Crippen molar-refractivity contribution in [3.8, 4) is 5.75 Å². The van der Waals surface area contributed by atoms with Crippen LogP contribution in [0.2, 0.25) is 0 Å². The number of ether oxygens (including phenoxy) is 1. The monoisotopic (exact) mass is 264 g/mol. The summed E-state index contributed by atoms with van der Waals surface area (Å²) in [7, 11) is 0. The summed E-state index contributed by atoms with van der Waals surface area (Å²) in [6.07, 6.45) is 9.25. The fourth-order valence-electron chi connectivity index (χ4n) is 2.09. The molecule has 0 saturated carbocycles. The lowest BCUT2D eigenvalue weighted by Crippen LogP contribution is -1.97. The van der Waals surface area contributed by atoms with Crippen LogP contribution in [0.15, 0.2) is 24.3 Å². The van der Waals surface area contributed by atoms with Gasteiger partial charge in [0.1, 0.15) is 5.75 Å². The van der Waals surface area contributed by atoms with Gasteiger partial charge in [-0.25, -0.2) is 0 Å². The molecule has 0 aliphatic rings. The highest BCUT2D eigenvalue weighted by molar-refractivity contribution is 5.27. The summed E-state index contributed by atoms with van der Waals surface area (Å²) >= 11 is 0. The standard InChI is InChI=1S/C17H28O2/c1-2-3-6-9-16-10-12-17(13-11-16)19-15-8-5-4-7-14-18/h10-13,18H,2-9,14-15H2,1H3. The van der Waals surface area contributed by atoms with Crippen molar-refractivity contribution in [2.45, 2.75) is 58.3 Å². The summed E-state index contributed by atoms with van der Waals surface area (Å²) in [6, 6.07) is 8.51. The molecule has 0 radical (unpaired) electrons. The molecule has 1 N–H and O–H groups in total. The van der Waals surface area contributed by atoms with Gasteiger partial charge in [-0.1, -0.05) is 38.3 Å². The molecule has 0 spiro atoms. The van der Waals surface area contributed by atoms with Crippen LogP contribution in [0.25, 0.3) is 0 Å². The SMILES string of the molecule is CCCCCc1ccc(OCCCCCCO)cc1. The van der Waals surface area contributed by atoms with Crippen LogP contribution < -0.4 is 4.74 Å². The Kier molecular flexibility index (Phi) is 9.17. The number of hydrogen-bond acceptors (Lipinski definition) is 2. The van der Waals surface area contributed by atoms with Gasteiger partial charge in [0.15, 0.2) is 0 Å². The first-order valence-electron chi connectivity index (χ1n) is 7.69. The van der Waals surface area contributed by atoms with E-state index in [0.29, 0.717) is 6.61 Å². The molecule has 0 heterocycles. The minimum atomic E-state index is 0.306. The fourth-order valence-corrected chi connectivity index (χ4v) is 2.09. The molecule has 0 unspecified atom stereocenters. The van der Waals surface area contributed by atoms with Gasteiger partial charge in [0.25, 0.3) is 0 Å². The maximum Gasteiger partial charge on any atom is 0.119 e. The van der Waals surface area contributed by atoms with Gasteiger partial charge in [-0.3, -0.25) is 0 Å². The Balaban J connectivity index is 2.13. The Morgan fingerprint density at radius 1 is 0.895 bits per heavy atom. The minimum Gasteiger partial charge on any atom is -0.494 e. The molecule has 0 aliphatic heterocycles. The van der Waals surface area contributed by atoms with Crippen molar-refractivity contribution in [2.75, 3.05) is 13.2 Å². The van der Waals surface area contributed by atoms with Crippen molar-refractivity contribution in [1.82, 2.24) is 0 Å². The second kappa shape index (κ2) is 10.9. The van der Waals surface area contributed by atoms with Crippen molar-refractivity contribution in [1.29, 1.82) is 0 Å². The van der Waals surface area contributed by atoms with Gasteiger partial charge in [-0.2, -0.15) is 0 Å². The first-order chi connectivity index (χ1) is 9.36. The third-order valence-electron chi connectivity index (χ3n) is 3.31. The van der Waals surface area contributed by atoms with Gasteiger partial charge < -0.3 is 9.84 Å². The van der Waals surface area contributed by atoms with Crippen molar-refractivity contribution < 1.29 is 9.84 Å². The van der Waals surface area contributed by atoms with Gasteiger partial charge in [0.2, 0.25) is 0 Å². The Hall–Kier alpha value is -1.02. The average molecular weight is 264 g/mol. The van der Waals surface area contributed by atoms with Crippen LogP contribution in [-0.2, 0) is 6.42 Å². The first-order valence-corrected chi connectivity index (χ1v) is 7.69. The molecule has 1 rings (SSSR count). The molecule has 0 atom stereocenters.